The summed E-state index contributed by atoms with van der Waals surface area (Å²) in [4.78, 5) is 0. The standard InChI is InChI=1S/C25H26BO3/c1-5-25(4,27)24(2,3)29-26-18-14-15-20-22(16-18)28-21-13-9-12-19(23(20)21)17-10-7-6-8-11-17/h6-16,27H,5H2,1-4H3. The minimum Gasteiger partial charge on any atom is -0.456 e. The Hall–Kier alpha value is -2.56. The molecule has 1 N–H and O–H groups in total. The smallest absolute Gasteiger partial charge is 0.331 e. The molecule has 4 aromatic rings. The molecule has 0 aliphatic carbocycles. The third-order valence-electron chi connectivity index (χ3n) is 6.08. The van der Waals surface area contributed by atoms with Crippen LogP contribution in [0.4, 0.5) is 0 Å². The molecule has 4 heteroatoms. The molecule has 1 radical (unpaired) electrons. The number of benzene rings is 3. The van der Waals surface area contributed by atoms with Gasteiger partial charge in [-0.25, -0.2) is 0 Å². The van der Waals surface area contributed by atoms with Gasteiger partial charge in [0.15, 0.2) is 0 Å². The molecular formula is C25H26BO3. The molecule has 0 aliphatic rings. The summed E-state index contributed by atoms with van der Waals surface area (Å²) in [5.74, 6) is 0. The topological polar surface area (TPSA) is 42.6 Å². The highest BCUT2D eigenvalue weighted by molar-refractivity contribution is 6.47. The van der Waals surface area contributed by atoms with Crippen LogP contribution in [-0.4, -0.2) is 23.8 Å². The number of hydrogen-bond acceptors (Lipinski definition) is 3. The van der Waals surface area contributed by atoms with Crippen LogP contribution >= 0.6 is 0 Å². The summed E-state index contributed by atoms with van der Waals surface area (Å²) < 4.78 is 12.1. The van der Waals surface area contributed by atoms with E-state index in [-0.39, 0.29) is 0 Å². The van der Waals surface area contributed by atoms with Crippen LogP contribution in [0.15, 0.2) is 71.1 Å². The van der Waals surface area contributed by atoms with Gasteiger partial charge in [-0.2, -0.15) is 0 Å². The fraction of sp³-hybridized carbons (Fsp3) is 0.280. The first-order valence-corrected chi connectivity index (χ1v) is 10.1. The van der Waals surface area contributed by atoms with Gasteiger partial charge in [0.2, 0.25) is 0 Å². The Morgan fingerprint density at radius 1 is 0.931 bits per heavy atom. The number of fused-ring (bicyclic) bond motifs is 3. The van der Waals surface area contributed by atoms with Gasteiger partial charge in [-0.05, 0) is 55.9 Å². The first-order chi connectivity index (χ1) is 13.8. The Morgan fingerprint density at radius 2 is 1.69 bits per heavy atom. The molecule has 0 fully saturated rings. The summed E-state index contributed by atoms with van der Waals surface area (Å²) in [7, 11) is 1.70. The zero-order chi connectivity index (χ0) is 20.6. The number of furan rings is 1. The second kappa shape index (κ2) is 7.36. The Bertz CT molecular complexity index is 1140. The van der Waals surface area contributed by atoms with E-state index in [1.54, 1.807) is 14.4 Å². The minimum absolute atomic E-state index is 0.610. The van der Waals surface area contributed by atoms with Gasteiger partial charge in [-0.15, -0.1) is 0 Å². The Balaban J connectivity index is 1.70. The number of aliphatic hydroxyl groups is 1. The molecule has 1 heterocycles. The predicted octanol–water partition coefficient (Wildman–Crippen LogP) is 5.45. The second-order valence-electron chi connectivity index (χ2n) is 8.28. The summed E-state index contributed by atoms with van der Waals surface area (Å²) in [6, 6.07) is 22.6. The fourth-order valence-corrected chi connectivity index (χ4v) is 3.54. The highest BCUT2D eigenvalue weighted by atomic mass is 16.5. The Labute approximate surface area is 172 Å². The first kappa shape index (κ1) is 19.7. The summed E-state index contributed by atoms with van der Waals surface area (Å²) in [6.45, 7) is 7.56. The van der Waals surface area contributed by atoms with E-state index in [1.807, 2.05) is 63.2 Å². The lowest BCUT2D eigenvalue weighted by Gasteiger charge is -2.39. The minimum atomic E-state index is -0.919. The lowest BCUT2D eigenvalue weighted by atomic mass is 9.80. The zero-order valence-corrected chi connectivity index (χ0v) is 17.4. The van der Waals surface area contributed by atoms with Crippen LogP contribution in [0.1, 0.15) is 34.1 Å². The van der Waals surface area contributed by atoms with Crippen LogP contribution in [0.25, 0.3) is 33.1 Å². The van der Waals surface area contributed by atoms with Crippen molar-refractivity contribution in [2.45, 2.75) is 45.3 Å². The molecule has 29 heavy (non-hydrogen) atoms. The number of hydrogen-bond donors (Lipinski definition) is 1. The average molecular weight is 385 g/mol. The highest BCUT2D eigenvalue weighted by Gasteiger charge is 2.38. The van der Waals surface area contributed by atoms with Gasteiger partial charge in [-0.3, -0.25) is 0 Å². The van der Waals surface area contributed by atoms with Crippen molar-refractivity contribution >= 4 is 34.9 Å². The molecular weight excluding hydrogens is 359 g/mol. The van der Waals surface area contributed by atoms with Gasteiger partial charge in [0, 0.05) is 10.8 Å². The summed E-state index contributed by atoms with van der Waals surface area (Å²) in [5.41, 5.74) is 3.30. The van der Waals surface area contributed by atoms with Crippen LogP contribution in [0.3, 0.4) is 0 Å². The molecule has 3 nitrogen and oxygen atoms in total. The molecule has 0 amide bonds. The zero-order valence-electron chi connectivity index (χ0n) is 17.4. The summed E-state index contributed by atoms with van der Waals surface area (Å²) in [6.07, 6.45) is 0.610. The van der Waals surface area contributed by atoms with Crippen molar-refractivity contribution in [3.63, 3.8) is 0 Å². The van der Waals surface area contributed by atoms with E-state index < -0.39 is 11.2 Å². The lowest BCUT2D eigenvalue weighted by Crippen LogP contribution is -2.51. The molecule has 0 saturated heterocycles. The maximum absolute atomic E-state index is 10.6. The molecule has 0 bridgehead atoms. The molecule has 3 aromatic carbocycles. The van der Waals surface area contributed by atoms with Gasteiger partial charge in [0.1, 0.15) is 11.2 Å². The largest absolute Gasteiger partial charge is 0.456 e. The van der Waals surface area contributed by atoms with Crippen molar-refractivity contribution in [2.24, 2.45) is 0 Å². The predicted molar refractivity (Wildman–Crippen MR) is 121 cm³/mol. The van der Waals surface area contributed by atoms with Gasteiger partial charge in [0.05, 0.1) is 11.2 Å². The van der Waals surface area contributed by atoms with Gasteiger partial charge >= 0.3 is 7.48 Å². The molecule has 1 atom stereocenters. The molecule has 4 rings (SSSR count). The van der Waals surface area contributed by atoms with E-state index in [9.17, 15) is 5.11 Å². The van der Waals surface area contributed by atoms with E-state index in [0.717, 1.165) is 33.0 Å². The van der Waals surface area contributed by atoms with Crippen LogP contribution < -0.4 is 5.46 Å². The van der Waals surface area contributed by atoms with Crippen molar-refractivity contribution in [1.82, 2.24) is 0 Å². The molecule has 1 aromatic heterocycles. The maximum atomic E-state index is 10.6. The summed E-state index contributed by atoms with van der Waals surface area (Å²) in [5, 5.41) is 12.8. The fourth-order valence-electron chi connectivity index (χ4n) is 3.54. The third-order valence-corrected chi connectivity index (χ3v) is 6.08. The van der Waals surface area contributed by atoms with Crippen LogP contribution in [0.2, 0.25) is 0 Å². The van der Waals surface area contributed by atoms with Crippen molar-refractivity contribution in [3.8, 4) is 11.1 Å². The third kappa shape index (κ3) is 3.59. The van der Waals surface area contributed by atoms with Gasteiger partial charge < -0.3 is 14.2 Å². The SMILES string of the molecule is CCC(C)(O)C(C)(C)O[B]c1ccc2c(c1)oc1cccc(-c3ccccc3)c12. The average Bonchev–Trinajstić information content (AvgIpc) is 3.10. The molecule has 147 valence electrons. The van der Waals surface area contributed by atoms with E-state index in [2.05, 4.69) is 24.3 Å². The first-order valence-electron chi connectivity index (χ1n) is 10.1. The second-order valence-corrected chi connectivity index (χ2v) is 8.28. The molecule has 1 unspecified atom stereocenters. The summed E-state index contributed by atoms with van der Waals surface area (Å²) >= 11 is 0. The van der Waals surface area contributed by atoms with E-state index >= 15 is 0 Å². The molecule has 0 spiro atoms. The van der Waals surface area contributed by atoms with Crippen molar-refractivity contribution in [2.75, 3.05) is 0 Å². The number of rotatable bonds is 6. The van der Waals surface area contributed by atoms with Crippen LogP contribution in [-0.2, 0) is 4.65 Å². The Kier molecular flexibility index (Phi) is 5.01. The van der Waals surface area contributed by atoms with Crippen molar-refractivity contribution in [1.29, 1.82) is 0 Å². The van der Waals surface area contributed by atoms with Crippen LogP contribution in [0.5, 0.6) is 0 Å². The highest BCUT2D eigenvalue weighted by Crippen LogP contribution is 2.36. The van der Waals surface area contributed by atoms with E-state index in [4.69, 9.17) is 9.07 Å². The van der Waals surface area contributed by atoms with Crippen molar-refractivity contribution < 1.29 is 14.2 Å². The lowest BCUT2D eigenvalue weighted by molar-refractivity contribution is -0.104. The van der Waals surface area contributed by atoms with E-state index in [0.29, 0.717) is 6.42 Å². The molecule has 0 aliphatic heterocycles. The quantitative estimate of drug-likeness (QED) is 0.449. The van der Waals surface area contributed by atoms with Crippen molar-refractivity contribution in [3.05, 3.63) is 66.7 Å². The van der Waals surface area contributed by atoms with Crippen LogP contribution in [0, 0.1) is 0 Å². The monoisotopic (exact) mass is 385 g/mol. The normalized spacial score (nSPS) is 14.2. The Morgan fingerprint density at radius 3 is 2.41 bits per heavy atom. The molecule has 0 saturated carbocycles. The van der Waals surface area contributed by atoms with E-state index in [1.165, 1.54) is 5.56 Å². The van der Waals surface area contributed by atoms with Gasteiger partial charge in [0.25, 0.3) is 0 Å². The van der Waals surface area contributed by atoms with Gasteiger partial charge in [-0.1, -0.05) is 61.5 Å². The maximum Gasteiger partial charge on any atom is 0.331 e.